The quantitative estimate of drug-likeness (QED) is 0.477. The first-order valence-corrected chi connectivity index (χ1v) is 4.06. The fourth-order valence-electron chi connectivity index (χ4n) is 1.28. The normalized spacial score (nSPS) is 20.7. The number of hydrogen-bond donors (Lipinski definition) is 0. The van der Waals surface area contributed by atoms with Crippen LogP contribution in [0.5, 0.6) is 0 Å². The third-order valence-corrected chi connectivity index (χ3v) is 2.17. The number of carbonyl (C=O) groups is 1. The van der Waals surface area contributed by atoms with E-state index < -0.39 is 0 Å². The number of hydrogen-bond acceptors (Lipinski definition) is 1. The van der Waals surface area contributed by atoms with Crippen molar-refractivity contribution in [2.24, 2.45) is 5.92 Å². The highest BCUT2D eigenvalue weighted by Crippen LogP contribution is 2.38. The van der Waals surface area contributed by atoms with Crippen LogP contribution in [0.2, 0.25) is 0 Å². The van der Waals surface area contributed by atoms with Crippen LogP contribution in [0.3, 0.4) is 0 Å². The van der Waals surface area contributed by atoms with Crippen LogP contribution in [-0.2, 0) is 0 Å². The van der Waals surface area contributed by atoms with E-state index in [0.717, 1.165) is 17.6 Å². The summed E-state index contributed by atoms with van der Waals surface area (Å²) in [6, 6.07) is 9.40. The number of rotatable bonds is 2. The summed E-state index contributed by atoms with van der Waals surface area (Å²) >= 11 is 0. The molecule has 1 atom stereocenters. The summed E-state index contributed by atoms with van der Waals surface area (Å²) in [7, 11) is 0. The lowest BCUT2D eigenvalue weighted by Gasteiger charge is -1.95. The molecule has 1 fully saturated rings. The van der Waals surface area contributed by atoms with E-state index in [2.05, 4.69) is 6.58 Å². The van der Waals surface area contributed by atoms with Crippen molar-refractivity contribution in [3.63, 3.8) is 0 Å². The van der Waals surface area contributed by atoms with E-state index >= 15 is 0 Å². The highest BCUT2D eigenvalue weighted by atomic mass is 16.1. The molecule has 0 radical (unpaired) electrons. The fraction of sp³-hybridized carbons (Fsp3) is 0.182. The standard InChI is InChI=1S/C11H10O/c1-8-7-10(8)11(12)9-5-3-2-4-6-9/h2-6,10H,1,7H2. The Kier molecular flexibility index (Phi) is 1.58. The van der Waals surface area contributed by atoms with Crippen LogP contribution in [0, 0.1) is 5.92 Å². The second-order valence-electron chi connectivity index (χ2n) is 3.15. The van der Waals surface area contributed by atoms with Gasteiger partial charge in [-0.25, -0.2) is 0 Å². The van der Waals surface area contributed by atoms with Crippen molar-refractivity contribution in [3.05, 3.63) is 48.0 Å². The molecule has 1 saturated carbocycles. The average Bonchev–Trinajstić information content (AvgIpc) is 2.83. The van der Waals surface area contributed by atoms with Crippen molar-refractivity contribution in [2.75, 3.05) is 0 Å². The Morgan fingerprint density at radius 2 is 1.92 bits per heavy atom. The largest absolute Gasteiger partial charge is 0.293 e. The molecule has 2 rings (SSSR count). The molecule has 1 unspecified atom stereocenters. The van der Waals surface area contributed by atoms with Crippen LogP contribution < -0.4 is 0 Å². The van der Waals surface area contributed by atoms with Crippen LogP contribution in [0.4, 0.5) is 0 Å². The van der Waals surface area contributed by atoms with Crippen LogP contribution in [0.15, 0.2) is 42.5 Å². The minimum atomic E-state index is 0.118. The summed E-state index contributed by atoms with van der Waals surface area (Å²) < 4.78 is 0. The summed E-state index contributed by atoms with van der Waals surface area (Å²) in [5, 5.41) is 0. The van der Waals surface area contributed by atoms with Crippen LogP contribution in [-0.4, -0.2) is 5.78 Å². The monoisotopic (exact) mass is 158 g/mol. The van der Waals surface area contributed by atoms with Gasteiger partial charge in [0.2, 0.25) is 0 Å². The van der Waals surface area contributed by atoms with E-state index in [1.165, 1.54) is 0 Å². The Hall–Kier alpha value is -1.37. The molecule has 0 amide bonds. The zero-order chi connectivity index (χ0) is 8.55. The highest BCUT2D eigenvalue weighted by Gasteiger charge is 2.34. The molecule has 1 aromatic carbocycles. The Bertz CT molecular complexity index is 324. The van der Waals surface area contributed by atoms with Crippen LogP contribution in [0.25, 0.3) is 0 Å². The summed E-state index contributed by atoms with van der Waals surface area (Å²) in [4.78, 5) is 11.6. The summed E-state index contributed by atoms with van der Waals surface area (Å²) in [6.07, 6.45) is 0.883. The minimum Gasteiger partial charge on any atom is -0.293 e. The van der Waals surface area contributed by atoms with Gasteiger partial charge in [-0.2, -0.15) is 0 Å². The zero-order valence-electron chi connectivity index (χ0n) is 6.79. The predicted octanol–water partition coefficient (Wildman–Crippen LogP) is 2.45. The average molecular weight is 158 g/mol. The molecule has 1 aromatic rings. The molecular weight excluding hydrogens is 148 g/mol. The molecule has 0 heterocycles. The first-order valence-electron chi connectivity index (χ1n) is 4.06. The summed E-state index contributed by atoms with van der Waals surface area (Å²) in [6.45, 7) is 3.77. The number of ketones is 1. The van der Waals surface area contributed by atoms with E-state index in [4.69, 9.17) is 0 Å². The van der Waals surface area contributed by atoms with E-state index in [-0.39, 0.29) is 11.7 Å². The lowest BCUT2D eigenvalue weighted by Crippen LogP contribution is -2.00. The molecule has 12 heavy (non-hydrogen) atoms. The lowest BCUT2D eigenvalue weighted by molar-refractivity contribution is 0.0972. The molecule has 1 aliphatic carbocycles. The van der Waals surface area contributed by atoms with Gasteiger partial charge in [0.25, 0.3) is 0 Å². The maximum Gasteiger partial charge on any atom is 0.170 e. The smallest absolute Gasteiger partial charge is 0.170 e. The van der Waals surface area contributed by atoms with Crippen molar-refractivity contribution in [2.45, 2.75) is 6.42 Å². The molecule has 0 N–H and O–H groups in total. The number of benzene rings is 1. The Morgan fingerprint density at radius 3 is 2.42 bits per heavy atom. The van der Waals surface area contributed by atoms with Gasteiger partial charge in [-0.05, 0) is 6.42 Å². The first-order chi connectivity index (χ1) is 5.79. The van der Waals surface area contributed by atoms with Gasteiger partial charge in [0, 0.05) is 11.5 Å². The van der Waals surface area contributed by atoms with Gasteiger partial charge in [-0.1, -0.05) is 42.5 Å². The minimum absolute atomic E-state index is 0.118. The highest BCUT2D eigenvalue weighted by molar-refractivity contribution is 6.02. The maximum atomic E-state index is 11.6. The van der Waals surface area contributed by atoms with Crippen LogP contribution >= 0.6 is 0 Å². The van der Waals surface area contributed by atoms with Crippen molar-refractivity contribution >= 4 is 5.78 Å². The predicted molar refractivity (Wildman–Crippen MR) is 48.0 cm³/mol. The van der Waals surface area contributed by atoms with Gasteiger partial charge in [-0.3, -0.25) is 4.79 Å². The van der Waals surface area contributed by atoms with Gasteiger partial charge >= 0.3 is 0 Å². The summed E-state index contributed by atoms with van der Waals surface area (Å²) in [5.41, 5.74) is 1.88. The SMILES string of the molecule is C=C1CC1C(=O)c1ccccc1. The first kappa shape index (κ1) is 7.29. The number of carbonyl (C=O) groups excluding carboxylic acids is 1. The molecule has 1 nitrogen and oxygen atoms in total. The van der Waals surface area contributed by atoms with Gasteiger partial charge in [0.05, 0.1) is 0 Å². The second-order valence-corrected chi connectivity index (χ2v) is 3.15. The molecule has 0 saturated heterocycles. The van der Waals surface area contributed by atoms with E-state index in [9.17, 15) is 4.79 Å². The Balaban J connectivity index is 2.21. The van der Waals surface area contributed by atoms with Crippen LogP contribution in [0.1, 0.15) is 16.8 Å². The molecule has 1 heteroatoms. The van der Waals surface area contributed by atoms with Gasteiger partial charge in [-0.15, -0.1) is 0 Å². The van der Waals surface area contributed by atoms with Gasteiger partial charge < -0.3 is 0 Å². The summed E-state index contributed by atoms with van der Waals surface area (Å²) in [5.74, 6) is 0.341. The third-order valence-electron chi connectivity index (χ3n) is 2.17. The molecule has 0 aliphatic heterocycles. The molecule has 0 spiro atoms. The molecule has 0 bridgehead atoms. The van der Waals surface area contributed by atoms with Gasteiger partial charge in [0.15, 0.2) is 5.78 Å². The van der Waals surface area contributed by atoms with E-state index in [0.29, 0.717) is 0 Å². The number of allylic oxidation sites excluding steroid dienone is 1. The van der Waals surface area contributed by atoms with E-state index in [1.807, 2.05) is 30.3 Å². The maximum absolute atomic E-state index is 11.6. The number of Topliss-reactive ketones (excluding diaryl/α,β-unsaturated/α-hetero) is 1. The Morgan fingerprint density at radius 1 is 1.33 bits per heavy atom. The van der Waals surface area contributed by atoms with Gasteiger partial charge in [0.1, 0.15) is 0 Å². The molecule has 1 aliphatic rings. The van der Waals surface area contributed by atoms with Crippen molar-refractivity contribution < 1.29 is 4.79 Å². The lowest BCUT2D eigenvalue weighted by atomic mass is 10.1. The fourth-order valence-corrected chi connectivity index (χ4v) is 1.28. The topological polar surface area (TPSA) is 17.1 Å². The van der Waals surface area contributed by atoms with Crippen molar-refractivity contribution in [1.82, 2.24) is 0 Å². The second kappa shape index (κ2) is 2.59. The van der Waals surface area contributed by atoms with Crippen molar-refractivity contribution in [3.8, 4) is 0 Å². The molecule has 60 valence electrons. The van der Waals surface area contributed by atoms with E-state index in [1.54, 1.807) is 0 Å². The third kappa shape index (κ3) is 1.18. The van der Waals surface area contributed by atoms with Crippen molar-refractivity contribution in [1.29, 1.82) is 0 Å². The Labute approximate surface area is 71.7 Å². The zero-order valence-corrected chi connectivity index (χ0v) is 6.79. The molecular formula is C11H10O. The molecule has 0 aromatic heterocycles.